The molecule has 0 spiro atoms. The molecule has 0 amide bonds. The highest BCUT2D eigenvalue weighted by atomic mass is 19.3. The van der Waals surface area contributed by atoms with Gasteiger partial charge in [0, 0.05) is 32.3 Å². The van der Waals surface area contributed by atoms with Crippen molar-refractivity contribution >= 4 is 5.71 Å². The molecule has 0 saturated heterocycles. The highest BCUT2D eigenvalue weighted by molar-refractivity contribution is 5.95. The van der Waals surface area contributed by atoms with Gasteiger partial charge in [0.05, 0.1) is 0 Å². The quantitative estimate of drug-likeness (QED) is 0.478. The second-order valence-electron chi connectivity index (χ2n) is 8.07. The average molecular weight is 367 g/mol. The van der Waals surface area contributed by atoms with E-state index >= 15 is 0 Å². The van der Waals surface area contributed by atoms with Crippen LogP contribution >= 0.6 is 0 Å². The maximum atomic E-state index is 13.0. The van der Waals surface area contributed by atoms with Gasteiger partial charge in [0.2, 0.25) is 5.92 Å². The standard InChI is InChI=1S/C22H36F2N2/c1-22(23,24)15-12-21(25-2)11-10-20-9-6-16-26(18-14-20)17-13-19-7-4-3-5-8-19/h9-11,19H,3-8,12-18H2,1-2H3/b11-10-,25-21+. The Balaban J connectivity index is 1.73. The molecule has 0 atom stereocenters. The first kappa shape index (κ1) is 21.3. The molecule has 0 aromatic heterocycles. The first-order chi connectivity index (χ1) is 12.5. The summed E-state index contributed by atoms with van der Waals surface area (Å²) in [6.45, 7) is 4.44. The highest BCUT2D eigenvalue weighted by Crippen LogP contribution is 2.27. The van der Waals surface area contributed by atoms with Crippen LogP contribution in [0.15, 0.2) is 28.8 Å². The van der Waals surface area contributed by atoms with Gasteiger partial charge in [-0.05, 0) is 51.1 Å². The lowest BCUT2D eigenvalue weighted by molar-refractivity contribution is 0.0151. The van der Waals surface area contributed by atoms with Crippen LogP contribution in [0.5, 0.6) is 0 Å². The molecule has 0 unspecified atom stereocenters. The first-order valence-electron chi connectivity index (χ1n) is 10.4. The Morgan fingerprint density at radius 1 is 1.27 bits per heavy atom. The molecule has 1 aliphatic heterocycles. The van der Waals surface area contributed by atoms with E-state index in [1.165, 1.54) is 50.6 Å². The maximum Gasteiger partial charge on any atom is 0.245 e. The summed E-state index contributed by atoms with van der Waals surface area (Å²) in [4.78, 5) is 6.75. The molecule has 2 aliphatic rings. The van der Waals surface area contributed by atoms with Crippen molar-refractivity contribution in [3.8, 4) is 0 Å². The van der Waals surface area contributed by atoms with E-state index in [0.29, 0.717) is 6.42 Å². The third kappa shape index (κ3) is 8.57. The zero-order valence-corrected chi connectivity index (χ0v) is 16.7. The molecular formula is C22H36F2N2. The van der Waals surface area contributed by atoms with Crippen LogP contribution in [-0.2, 0) is 0 Å². The molecule has 0 aromatic rings. The third-order valence-corrected chi connectivity index (χ3v) is 5.74. The van der Waals surface area contributed by atoms with Crippen LogP contribution in [0.2, 0.25) is 0 Å². The Morgan fingerprint density at radius 3 is 2.73 bits per heavy atom. The van der Waals surface area contributed by atoms with E-state index in [4.69, 9.17) is 0 Å². The van der Waals surface area contributed by atoms with Crippen molar-refractivity contribution in [1.29, 1.82) is 0 Å². The summed E-state index contributed by atoms with van der Waals surface area (Å²) in [7, 11) is 1.68. The summed E-state index contributed by atoms with van der Waals surface area (Å²) in [6.07, 6.45) is 17.1. The van der Waals surface area contributed by atoms with Crippen molar-refractivity contribution in [2.75, 3.05) is 26.7 Å². The van der Waals surface area contributed by atoms with E-state index in [0.717, 1.165) is 44.5 Å². The van der Waals surface area contributed by atoms with Gasteiger partial charge in [-0.25, -0.2) is 8.78 Å². The van der Waals surface area contributed by atoms with Crippen LogP contribution in [0.4, 0.5) is 8.78 Å². The topological polar surface area (TPSA) is 15.6 Å². The van der Waals surface area contributed by atoms with Gasteiger partial charge in [-0.2, -0.15) is 0 Å². The van der Waals surface area contributed by atoms with E-state index < -0.39 is 5.92 Å². The Morgan fingerprint density at radius 2 is 2.04 bits per heavy atom. The fourth-order valence-corrected chi connectivity index (χ4v) is 3.97. The van der Waals surface area contributed by atoms with Gasteiger partial charge in [-0.1, -0.05) is 49.8 Å². The lowest BCUT2D eigenvalue weighted by atomic mass is 9.87. The number of alkyl halides is 2. The van der Waals surface area contributed by atoms with Crippen LogP contribution in [0.25, 0.3) is 0 Å². The molecule has 4 heteroatoms. The third-order valence-electron chi connectivity index (χ3n) is 5.74. The molecule has 0 radical (unpaired) electrons. The smallest absolute Gasteiger partial charge is 0.245 e. The molecule has 2 nitrogen and oxygen atoms in total. The zero-order chi connectivity index (χ0) is 18.8. The highest BCUT2D eigenvalue weighted by Gasteiger charge is 2.21. The van der Waals surface area contributed by atoms with Gasteiger partial charge in [-0.3, -0.25) is 4.99 Å². The molecule has 0 bridgehead atoms. The first-order valence-corrected chi connectivity index (χ1v) is 10.4. The summed E-state index contributed by atoms with van der Waals surface area (Å²) < 4.78 is 26.0. The SMILES string of the molecule is C/N=C(\C=C/C1=CCCN(CCC2CCCCC2)CC1)CCC(C)(F)F. The minimum absolute atomic E-state index is 0.141. The maximum absolute atomic E-state index is 13.0. The largest absolute Gasteiger partial charge is 0.303 e. The molecule has 0 aromatic carbocycles. The Hall–Kier alpha value is -1.03. The van der Waals surface area contributed by atoms with Gasteiger partial charge in [0.1, 0.15) is 0 Å². The fourth-order valence-electron chi connectivity index (χ4n) is 3.97. The van der Waals surface area contributed by atoms with Crippen LogP contribution < -0.4 is 0 Å². The normalized spacial score (nSPS) is 21.8. The Kier molecular flexibility index (Phi) is 8.97. The van der Waals surface area contributed by atoms with Gasteiger partial charge in [-0.15, -0.1) is 0 Å². The fraction of sp³-hybridized carbons (Fsp3) is 0.773. The predicted octanol–water partition coefficient (Wildman–Crippen LogP) is 6.04. The van der Waals surface area contributed by atoms with E-state index in [-0.39, 0.29) is 6.42 Å². The molecule has 1 fully saturated rings. The minimum atomic E-state index is -2.62. The molecule has 2 rings (SSSR count). The minimum Gasteiger partial charge on any atom is -0.303 e. The summed E-state index contributed by atoms with van der Waals surface area (Å²) >= 11 is 0. The number of halogens is 2. The van der Waals surface area contributed by atoms with Crippen LogP contribution in [0, 0.1) is 5.92 Å². The number of allylic oxidation sites excluding steroid dienone is 2. The zero-order valence-electron chi connectivity index (χ0n) is 16.7. The van der Waals surface area contributed by atoms with Crippen molar-refractivity contribution < 1.29 is 8.78 Å². The second kappa shape index (κ2) is 11.0. The van der Waals surface area contributed by atoms with Crippen molar-refractivity contribution in [1.82, 2.24) is 4.90 Å². The summed E-state index contributed by atoms with van der Waals surface area (Å²) in [5.41, 5.74) is 2.07. The van der Waals surface area contributed by atoms with Crippen molar-refractivity contribution in [3.63, 3.8) is 0 Å². The van der Waals surface area contributed by atoms with Gasteiger partial charge < -0.3 is 4.90 Å². The molecule has 1 heterocycles. The Bertz CT molecular complexity index is 497. The van der Waals surface area contributed by atoms with E-state index in [1.54, 1.807) is 7.05 Å². The number of rotatable bonds is 8. The van der Waals surface area contributed by atoms with E-state index in [2.05, 4.69) is 22.0 Å². The van der Waals surface area contributed by atoms with Crippen LogP contribution in [-0.4, -0.2) is 43.2 Å². The molecular weight excluding hydrogens is 330 g/mol. The number of nitrogens with zero attached hydrogens (tertiary/aromatic N) is 2. The number of hydrogen-bond acceptors (Lipinski definition) is 2. The summed E-state index contributed by atoms with van der Waals surface area (Å²) in [6, 6.07) is 0. The van der Waals surface area contributed by atoms with Gasteiger partial charge in [0.15, 0.2) is 0 Å². The summed E-state index contributed by atoms with van der Waals surface area (Å²) in [5.74, 6) is -1.68. The van der Waals surface area contributed by atoms with Crippen LogP contribution in [0.1, 0.15) is 71.1 Å². The van der Waals surface area contributed by atoms with Gasteiger partial charge in [0.25, 0.3) is 0 Å². The van der Waals surface area contributed by atoms with Crippen LogP contribution in [0.3, 0.4) is 0 Å². The molecule has 148 valence electrons. The van der Waals surface area contributed by atoms with E-state index in [9.17, 15) is 8.78 Å². The molecule has 1 saturated carbocycles. The molecule has 26 heavy (non-hydrogen) atoms. The molecule has 0 N–H and O–H groups in total. The number of hydrogen-bond donors (Lipinski definition) is 0. The predicted molar refractivity (Wildman–Crippen MR) is 107 cm³/mol. The van der Waals surface area contributed by atoms with Crippen molar-refractivity contribution in [3.05, 3.63) is 23.8 Å². The number of aliphatic imine (C=N–C) groups is 1. The average Bonchev–Trinajstić information content (AvgIpc) is 2.85. The van der Waals surface area contributed by atoms with Crippen molar-refractivity contribution in [2.45, 2.75) is 77.1 Å². The monoisotopic (exact) mass is 366 g/mol. The summed E-state index contributed by atoms with van der Waals surface area (Å²) in [5, 5.41) is 0. The lowest BCUT2D eigenvalue weighted by Gasteiger charge is -2.26. The second-order valence-corrected chi connectivity index (χ2v) is 8.07. The Labute approximate surface area is 158 Å². The lowest BCUT2D eigenvalue weighted by Crippen LogP contribution is -2.27. The van der Waals surface area contributed by atoms with Gasteiger partial charge >= 0.3 is 0 Å². The van der Waals surface area contributed by atoms with Crippen molar-refractivity contribution in [2.24, 2.45) is 10.9 Å². The van der Waals surface area contributed by atoms with E-state index in [1.807, 2.05) is 6.08 Å². The molecule has 1 aliphatic carbocycles.